The van der Waals surface area contributed by atoms with Gasteiger partial charge in [-0.3, -0.25) is 10.6 Å². The molecule has 1 aliphatic rings. The lowest BCUT2D eigenvalue weighted by Gasteiger charge is -2.33. The highest BCUT2D eigenvalue weighted by Crippen LogP contribution is 2.10. The van der Waals surface area contributed by atoms with Crippen LogP contribution in [0, 0.1) is 5.82 Å². The fourth-order valence-electron chi connectivity index (χ4n) is 2.45. The van der Waals surface area contributed by atoms with Crippen molar-refractivity contribution < 1.29 is 22.8 Å². The average Bonchev–Trinajstić information content (AvgIpc) is 2.57. The van der Waals surface area contributed by atoms with Crippen molar-refractivity contribution in [1.82, 2.24) is 21.4 Å². The maximum absolute atomic E-state index is 12.9. The molecule has 2 amide bonds. The Morgan fingerprint density at radius 2 is 1.92 bits per heavy atom. The molecule has 1 aliphatic heterocycles. The van der Waals surface area contributed by atoms with Gasteiger partial charge in [0.25, 0.3) is 0 Å². The van der Waals surface area contributed by atoms with Gasteiger partial charge in [-0.1, -0.05) is 0 Å². The summed E-state index contributed by atoms with van der Waals surface area (Å²) in [5.74, 6) is -0.565. The third kappa shape index (κ3) is 5.90. The Hall–Kier alpha value is -1.79. The molecule has 1 aromatic rings. The predicted molar refractivity (Wildman–Crippen MR) is 90.3 cm³/mol. The highest BCUT2D eigenvalue weighted by Gasteiger charge is 2.35. The van der Waals surface area contributed by atoms with Crippen molar-refractivity contribution in [2.24, 2.45) is 0 Å². The number of benzene rings is 1. The average molecular weight is 375 g/mol. The summed E-state index contributed by atoms with van der Waals surface area (Å²) in [6.45, 7) is 1.09. The van der Waals surface area contributed by atoms with Crippen LogP contribution in [0.1, 0.15) is 6.42 Å². The molecule has 0 aromatic heterocycles. The first-order valence-electron chi connectivity index (χ1n) is 7.81. The molecule has 9 nitrogen and oxygen atoms in total. The molecule has 2 rings (SSSR count). The summed E-state index contributed by atoms with van der Waals surface area (Å²) in [6, 6.07) is 4.61. The van der Waals surface area contributed by atoms with Gasteiger partial charge in [0.1, 0.15) is 17.4 Å². The lowest BCUT2D eigenvalue weighted by molar-refractivity contribution is 0.167. The van der Waals surface area contributed by atoms with Crippen LogP contribution in [0.15, 0.2) is 24.3 Å². The van der Waals surface area contributed by atoms with E-state index in [9.17, 15) is 17.6 Å². The number of anilines is 1. The number of carbonyl (C=O) groups excluding carboxylic acids is 1. The Morgan fingerprint density at radius 1 is 1.24 bits per heavy atom. The van der Waals surface area contributed by atoms with Crippen LogP contribution in [-0.4, -0.2) is 56.6 Å². The number of rotatable bonds is 7. The van der Waals surface area contributed by atoms with Crippen LogP contribution >= 0.6 is 0 Å². The van der Waals surface area contributed by atoms with Crippen LogP contribution in [0.2, 0.25) is 0 Å². The van der Waals surface area contributed by atoms with Gasteiger partial charge in [0, 0.05) is 25.3 Å². The Morgan fingerprint density at radius 3 is 2.60 bits per heavy atom. The number of carbonyl (C=O) groups is 1. The van der Waals surface area contributed by atoms with E-state index >= 15 is 0 Å². The Labute approximate surface area is 145 Å². The number of hydrogen-bond acceptors (Lipinski definition) is 7. The van der Waals surface area contributed by atoms with Crippen LogP contribution in [0.4, 0.5) is 14.9 Å². The van der Waals surface area contributed by atoms with Crippen LogP contribution in [0.25, 0.3) is 0 Å². The smallest absolute Gasteiger partial charge is 0.320 e. The van der Waals surface area contributed by atoms with Crippen LogP contribution < -0.4 is 26.7 Å². The van der Waals surface area contributed by atoms with Crippen molar-refractivity contribution in [2.75, 3.05) is 30.7 Å². The standard InChI is InChI=1S/C14H22FN5O4S/c15-10-2-4-11(5-3-10)19-14(21)20-12-13(17-8-7-16-12)25(23,24)9-1-6-18-22/h2-5,12-13,16-18,22H,1,6-9H2,(H2,19,20,21). The minimum atomic E-state index is -3.55. The SMILES string of the molecule is O=C(Nc1ccc(F)cc1)NC1NCCNC1S(=O)(=O)CCCNO. The fourth-order valence-corrected chi connectivity index (χ4v) is 4.20. The number of urea groups is 1. The molecular weight excluding hydrogens is 353 g/mol. The topological polar surface area (TPSA) is 132 Å². The molecule has 1 aromatic carbocycles. The second-order valence-electron chi connectivity index (χ2n) is 5.54. The predicted octanol–water partition coefficient (Wildman–Crippen LogP) is -0.424. The second kappa shape index (κ2) is 9.06. The van der Waals surface area contributed by atoms with Gasteiger partial charge in [-0.2, -0.15) is 0 Å². The first-order valence-corrected chi connectivity index (χ1v) is 9.52. The van der Waals surface area contributed by atoms with E-state index in [4.69, 9.17) is 5.21 Å². The van der Waals surface area contributed by atoms with Gasteiger partial charge in [-0.15, -0.1) is 0 Å². The zero-order chi connectivity index (χ0) is 18.3. The Balaban J connectivity index is 1.97. The van der Waals surface area contributed by atoms with Crippen molar-refractivity contribution in [2.45, 2.75) is 18.0 Å². The van der Waals surface area contributed by atoms with Crippen LogP contribution in [0.5, 0.6) is 0 Å². The molecule has 11 heteroatoms. The Kier molecular flexibility index (Phi) is 7.08. The molecule has 2 unspecified atom stereocenters. The van der Waals surface area contributed by atoms with Gasteiger partial charge in [-0.25, -0.2) is 23.1 Å². The van der Waals surface area contributed by atoms with E-state index in [2.05, 4.69) is 21.3 Å². The summed E-state index contributed by atoms with van der Waals surface area (Å²) >= 11 is 0. The van der Waals surface area contributed by atoms with Gasteiger partial charge in [-0.05, 0) is 30.7 Å². The summed E-state index contributed by atoms with van der Waals surface area (Å²) in [4.78, 5) is 12.1. The summed E-state index contributed by atoms with van der Waals surface area (Å²) < 4.78 is 37.7. The van der Waals surface area contributed by atoms with E-state index in [-0.39, 0.29) is 18.7 Å². The van der Waals surface area contributed by atoms with E-state index in [1.54, 1.807) is 0 Å². The summed E-state index contributed by atoms with van der Waals surface area (Å²) in [5.41, 5.74) is 2.30. The molecule has 0 aliphatic carbocycles. The van der Waals surface area contributed by atoms with E-state index in [0.29, 0.717) is 18.8 Å². The number of sulfone groups is 1. The van der Waals surface area contributed by atoms with E-state index in [1.165, 1.54) is 24.3 Å². The van der Waals surface area contributed by atoms with Crippen LogP contribution in [-0.2, 0) is 9.84 Å². The molecule has 140 valence electrons. The third-order valence-corrected chi connectivity index (χ3v) is 5.70. The molecule has 6 N–H and O–H groups in total. The molecule has 0 saturated carbocycles. The number of halogens is 1. The molecule has 1 fully saturated rings. The summed E-state index contributed by atoms with van der Waals surface area (Å²) in [7, 11) is -3.55. The second-order valence-corrected chi connectivity index (χ2v) is 7.78. The largest absolute Gasteiger partial charge is 0.320 e. The minimum absolute atomic E-state index is 0.141. The lowest BCUT2D eigenvalue weighted by Crippen LogP contribution is -2.66. The van der Waals surface area contributed by atoms with Crippen molar-refractivity contribution >= 4 is 21.6 Å². The van der Waals surface area contributed by atoms with Crippen molar-refractivity contribution in [3.63, 3.8) is 0 Å². The third-order valence-electron chi connectivity index (χ3n) is 3.63. The molecule has 1 heterocycles. The van der Waals surface area contributed by atoms with Crippen molar-refractivity contribution in [3.8, 4) is 0 Å². The minimum Gasteiger partial charge on any atom is -0.320 e. The molecular formula is C14H22FN5O4S. The van der Waals surface area contributed by atoms with Crippen LogP contribution in [0.3, 0.4) is 0 Å². The summed E-state index contributed by atoms with van der Waals surface area (Å²) in [5, 5.41) is 18.5. The van der Waals surface area contributed by atoms with E-state index in [1.807, 2.05) is 5.48 Å². The van der Waals surface area contributed by atoms with Gasteiger partial charge in [0.15, 0.2) is 9.84 Å². The first-order chi connectivity index (χ1) is 11.9. The maximum Gasteiger partial charge on any atom is 0.320 e. The van der Waals surface area contributed by atoms with Crippen molar-refractivity contribution in [3.05, 3.63) is 30.1 Å². The Bertz CT molecular complexity index is 670. The van der Waals surface area contributed by atoms with Gasteiger partial charge in [0.05, 0.1) is 5.75 Å². The number of nitrogens with one attached hydrogen (secondary N) is 5. The van der Waals surface area contributed by atoms with Gasteiger partial charge in [0.2, 0.25) is 0 Å². The zero-order valence-corrected chi connectivity index (χ0v) is 14.3. The normalized spacial score (nSPS) is 20.9. The molecule has 25 heavy (non-hydrogen) atoms. The molecule has 0 spiro atoms. The first kappa shape index (κ1) is 19.5. The molecule has 0 radical (unpaired) electrons. The molecule has 2 atom stereocenters. The maximum atomic E-state index is 12.9. The van der Waals surface area contributed by atoms with Gasteiger partial charge >= 0.3 is 6.03 Å². The number of amides is 2. The molecule has 1 saturated heterocycles. The highest BCUT2D eigenvalue weighted by molar-refractivity contribution is 7.92. The monoisotopic (exact) mass is 375 g/mol. The summed E-state index contributed by atoms with van der Waals surface area (Å²) in [6.07, 6.45) is -0.577. The fraction of sp³-hybridized carbons (Fsp3) is 0.500. The lowest BCUT2D eigenvalue weighted by atomic mass is 10.3. The van der Waals surface area contributed by atoms with E-state index < -0.39 is 33.2 Å². The van der Waals surface area contributed by atoms with Gasteiger partial charge < -0.3 is 15.8 Å². The quantitative estimate of drug-likeness (QED) is 0.282. The number of hydrogen-bond donors (Lipinski definition) is 6. The molecule has 0 bridgehead atoms. The number of piperazine rings is 1. The van der Waals surface area contributed by atoms with Crippen molar-refractivity contribution in [1.29, 1.82) is 0 Å². The number of hydroxylamine groups is 1. The van der Waals surface area contributed by atoms with E-state index in [0.717, 1.165) is 0 Å². The zero-order valence-electron chi connectivity index (χ0n) is 13.5. The highest BCUT2D eigenvalue weighted by atomic mass is 32.2.